The number of amides is 2. The minimum Gasteiger partial charge on any atom is -0.481 e. The molecule has 1 aliphatic heterocycles. The first-order chi connectivity index (χ1) is 19.9. The predicted molar refractivity (Wildman–Crippen MR) is 156 cm³/mol. The van der Waals surface area contributed by atoms with Gasteiger partial charge in [0.1, 0.15) is 6.61 Å². The largest absolute Gasteiger partial charge is 0.481 e. The third-order valence-electron chi connectivity index (χ3n) is 8.15. The van der Waals surface area contributed by atoms with Crippen LogP contribution in [0.4, 0.5) is 4.79 Å². The number of aliphatic carboxylic acids is 1. The SMILES string of the molecule is O=C(O)CC1(NC(=O)CCCNC(=O)OCC2c3ccccc3-c3ccccc32)CCN(Cc2ccccc2)CC1. The molecule has 1 aliphatic carbocycles. The topological polar surface area (TPSA) is 108 Å². The summed E-state index contributed by atoms with van der Waals surface area (Å²) >= 11 is 0. The number of nitrogens with one attached hydrogen (secondary N) is 2. The predicted octanol–water partition coefficient (Wildman–Crippen LogP) is 4.93. The summed E-state index contributed by atoms with van der Waals surface area (Å²) in [7, 11) is 0. The number of fused-ring (bicyclic) bond motifs is 3. The Labute approximate surface area is 240 Å². The normalized spacial score (nSPS) is 15.9. The van der Waals surface area contributed by atoms with Crippen molar-refractivity contribution in [2.75, 3.05) is 26.2 Å². The van der Waals surface area contributed by atoms with Crippen LogP contribution in [0.25, 0.3) is 11.1 Å². The lowest BCUT2D eigenvalue weighted by Gasteiger charge is -2.41. The summed E-state index contributed by atoms with van der Waals surface area (Å²) in [5.41, 5.74) is 5.11. The van der Waals surface area contributed by atoms with Crippen LogP contribution in [0.3, 0.4) is 0 Å². The molecule has 2 amide bonds. The standard InChI is InChI=1S/C33H37N3O5/c37-30(35-33(21-31(38)39)16-19-36(20-17-33)22-24-9-2-1-3-10-24)15-8-18-34-32(40)41-23-29-27-13-6-4-11-25(27)26-12-5-7-14-28(26)29/h1-7,9-14,29H,8,15-23H2,(H,34,40)(H,35,37)(H,38,39). The van der Waals surface area contributed by atoms with Gasteiger partial charge in [0.05, 0.1) is 12.0 Å². The molecule has 3 N–H and O–H groups in total. The van der Waals surface area contributed by atoms with E-state index in [1.54, 1.807) is 0 Å². The van der Waals surface area contributed by atoms with Gasteiger partial charge in [-0.15, -0.1) is 0 Å². The fraction of sp³-hybridized carbons (Fsp3) is 0.364. The number of nitrogens with zero attached hydrogens (tertiary/aromatic N) is 1. The van der Waals surface area contributed by atoms with Crippen LogP contribution >= 0.6 is 0 Å². The maximum atomic E-state index is 12.8. The molecule has 0 aromatic heterocycles. The highest BCUT2D eigenvalue weighted by atomic mass is 16.5. The van der Waals surface area contributed by atoms with E-state index in [-0.39, 0.29) is 31.3 Å². The number of alkyl carbamates (subject to hydrolysis) is 1. The highest BCUT2D eigenvalue weighted by molar-refractivity contribution is 5.79. The van der Waals surface area contributed by atoms with Crippen LogP contribution < -0.4 is 10.6 Å². The number of benzene rings is 3. The van der Waals surface area contributed by atoms with Crippen LogP contribution in [0.5, 0.6) is 0 Å². The number of piperidine rings is 1. The van der Waals surface area contributed by atoms with Crippen molar-refractivity contribution < 1.29 is 24.2 Å². The maximum Gasteiger partial charge on any atom is 0.407 e. The number of ether oxygens (including phenoxy) is 1. The molecule has 8 heteroatoms. The van der Waals surface area contributed by atoms with Crippen molar-refractivity contribution >= 4 is 18.0 Å². The Morgan fingerprint density at radius 3 is 2.12 bits per heavy atom. The summed E-state index contributed by atoms with van der Waals surface area (Å²) in [6.07, 6.45) is 1.17. The lowest BCUT2D eigenvalue weighted by Crippen LogP contribution is -2.56. The summed E-state index contributed by atoms with van der Waals surface area (Å²) in [5, 5.41) is 15.3. The quantitative estimate of drug-likeness (QED) is 0.290. The number of hydrogen-bond acceptors (Lipinski definition) is 5. The smallest absolute Gasteiger partial charge is 0.407 e. The monoisotopic (exact) mass is 555 g/mol. The summed E-state index contributed by atoms with van der Waals surface area (Å²) in [6, 6.07) is 26.5. The molecule has 214 valence electrons. The van der Waals surface area contributed by atoms with E-state index in [4.69, 9.17) is 4.74 Å². The van der Waals surface area contributed by atoms with Crippen molar-refractivity contribution in [2.24, 2.45) is 0 Å². The molecule has 3 aromatic carbocycles. The molecule has 0 spiro atoms. The second-order valence-electron chi connectivity index (χ2n) is 11.0. The summed E-state index contributed by atoms with van der Waals surface area (Å²) < 4.78 is 5.56. The molecule has 2 aliphatic rings. The van der Waals surface area contributed by atoms with E-state index in [1.807, 2.05) is 42.5 Å². The van der Waals surface area contributed by atoms with Gasteiger partial charge >= 0.3 is 12.1 Å². The van der Waals surface area contributed by atoms with Crippen LogP contribution in [-0.2, 0) is 20.9 Å². The van der Waals surface area contributed by atoms with E-state index in [0.29, 0.717) is 38.9 Å². The fourth-order valence-electron chi connectivity index (χ4n) is 6.06. The number of carboxylic acid groups (broad SMARTS) is 1. The first kappa shape index (κ1) is 28.4. The van der Waals surface area contributed by atoms with Crippen molar-refractivity contribution in [3.8, 4) is 11.1 Å². The molecule has 0 bridgehead atoms. The lowest BCUT2D eigenvalue weighted by atomic mass is 9.84. The molecule has 0 unspecified atom stereocenters. The molecule has 3 aromatic rings. The molecule has 0 saturated carbocycles. The number of rotatable bonds is 11. The van der Waals surface area contributed by atoms with E-state index < -0.39 is 17.6 Å². The Bertz CT molecular complexity index is 1320. The highest BCUT2D eigenvalue weighted by Gasteiger charge is 2.38. The maximum absolute atomic E-state index is 12.8. The summed E-state index contributed by atoms with van der Waals surface area (Å²) in [4.78, 5) is 39.1. The third kappa shape index (κ3) is 7.13. The molecular weight excluding hydrogens is 518 g/mol. The van der Waals surface area contributed by atoms with Gasteiger partial charge in [-0.2, -0.15) is 0 Å². The van der Waals surface area contributed by atoms with Crippen molar-refractivity contribution in [3.05, 3.63) is 95.6 Å². The van der Waals surface area contributed by atoms with Crippen LogP contribution in [0, 0.1) is 0 Å². The Hall–Kier alpha value is -4.17. The van der Waals surface area contributed by atoms with Gasteiger partial charge in [-0.25, -0.2) is 4.79 Å². The van der Waals surface area contributed by atoms with Crippen molar-refractivity contribution in [1.29, 1.82) is 0 Å². The van der Waals surface area contributed by atoms with Gasteiger partial charge < -0.3 is 20.5 Å². The summed E-state index contributed by atoms with van der Waals surface area (Å²) in [5.74, 6) is -1.13. The first-order valence-electron chi connectivity index (χ1n) is 14.3. The van der Waals surface area contributed by atoms with Gasteiger partial charge in [-0.1, -0.05) is 78.9 Å². The Balaban J connectivity index is 1.05. The van der Waals surface area contributed by atoms with Gasteiger partial charge in [0, 0.05) is 38.5 Å². The number of carboxylic acids is 1. The average Bonchev–Trinajstić information content (AvgIpc) is 3.29. The lowest BCUT2D eigenvalue weighted by molar-refractivity contribution is -0.140. The molecule has 41 heavy (non-hydrogen) atoms. The Kier molecular flexibility index (Phi) is 8.99. The van der Waals surface area contributed by atoms with Crippen molar-refractivity contribution in [2.45, 2.75) is 50.1 Å². The number of likely N-dealkylation sites (tertiary alicyclic amines) is 1. The summed E-state index contributed by atoms with van der Waals surface area (Å²) in [6.45, 7) is 2.76. The first-order valence-corrected chi connectivity index (χ1v) is 14.3. The Morgan fingerprint density at radius 2 is 1.49 bits per heavy atom. The van der Waals surface area contributed by atoms with E-state index in [2.05, 4.69) is 51.9 Å². The van der Waals surface area contributed by atoms with Gasteiger partial charge in [-0.05, 0) is 47.1 Å². The van der Waals surface area contributed by atoms with E-state index >= 15 is 0 Å². The zero-order chi connectivity index (χ0) is 28.7. The van der Waals surface area contributed by atoms with E-state index in [1.165, 1.54) is 16.7 Å². The zero-order valence-electron chi connectivity index (χ0n) is 23.2. The Morgan fingerprint density at radius 1 is 0.878 bits per heavy atom. The van der Waals surface area contributed by atoms with Crippen LogP contribution in [-0.4, -0.2) is 59.8 Å². The van der Waals surface area contributed by atoms with Crippen molar-refractivity contribution in [1.82, 2.24) is 15.5 Å². The molecular formula is C33H37N3O5. The van der Waals surface area contributed by atoms with E-state index in [0.717, 1.165) is 17.7 Å². The van der Waals surface area contributed by atoms with E-state index in [9.17, 15) is 19.5 Å². The number of carbonyl (C=O) groups is 3. The molecule has 8 nitrogen and oxygen atoms in total. The van der Waals surface area contributed by atoms with Gasteiger partial charge in [0.2, 0.25) is 5.91 Å². The third-order valence-corrected chi connectivity index (χ3v) is 8.15. The number of hydrogen-bond donors (Lipinski definition) is 3. The van der Waals surface area contributed by atoms with Gasteiger partial charge in [0.25, 0.3) is 0 Å². The zero-order valence-corrected chi connectivity index (χ0v) is 23.2. The van der Waals surface area contributed by atoms with Crippen LogP contribution in [0.2, 0.25) is 0 Å². The van der Waals surface area contributed by atoms with Gasteiger partial charge in [0.15, 0.2) is 0 Å². The second kappa shape index (κ2) is 13.0. The molecule has 1 saturated heterocycles. The van der Waals surface area contributed by atoms with Crippen LogP contribution in [0.15, 0.2) is 78.9 Å². The fourth-order valence-corrected chi connectivity index (χ4v) is 6.06. The minimum absolute atomic E-state index is 0.0107. The molecule has 5 rings (SSSR count). The molecule has 1 fully saturated rings. The van der Waals surface area contributed by atoms with Gasteiger partial charge in [-0.3, -0.25) is 14.5 Å². The molecule has 0 atom stereocenters. The minimum atomic E-state index is -0.918. The average molecular weight is 556 g/mol. The molecule has 0 radical (unpaired) electrons. The highest BCUT2D eigenvalue weighted by Crippen LogP contribution is 2.44. The number of carbonyl (C=O) groups excluding carboxylic acids is 2. The molecule has 1 heterocycles. The second-order valence-corrected chi connectivity index (χ2v) is 11.0. The van der Waals surface area contributed by atoms with Crippen LogP contribution in [0.1, 0.15) is 54.7 Å². The van der Waals surface area contributed by atoms with Crippen molar-refractivity contribution in [3.63, 3.8) is 0 Å².